The quantitative estimate of drug-likeness (QED) is 0.800. The first kappa shape index (κ1) is 13.0. The second kappa shape index (κ2) is 5.92. The topological polar surface area (TPSA) is 20.2 Å². The average Bonchev–Trinajstić information content (AvgIpc) is 2.41. The van der Waals surface area contributed by atoms with Crippen LogP contribution in [-0.4, -0.2) is 5.11 Å². The zero-order chi connectivity index (χ0) is 13.0. The molecule has 0 aliphatic rings. The molecule has 2 rings (SSSR count). The number of phenolic OH excluding ortho intramolecular Hbond substituents is 1. The van der Waals surface area contributed by atoms with Crippen molar-refractivity contribution in [2.45, 2.75) is 18.7 Å². The molecule has 0 amide bonds. The highest BCUT2D eigenvalue weighted by Crippen LogP contribution is 2.31. The van der Waals surface area contributed by atoms with Crippen LogP contribution in [0.2, 0.25) is 0 Å². The van der Waals surface area contributed by atoms with Crippen molar-refractivity contribution in [2.75, 3.05) is 0 Å². The molecule has 0 aliphatic heterocycles. The minimum atomic E-state index is 0.0139. The summed E-state index contributed by atoms with van der Waals surface area (Å²) in [7, 11) is 0. The first-order chi connectivity index (χ1) is 8.66. The van der Waals surface area contributed by atoms with Crippen LogP contribution in [0.15, 0.2) is 54.6 Å². The first-order valence-corrected chi connectivity index (χ1v) is 6.57. The van der Waals surface area contributed by atoms with E-state index in [-0.39, 0.29) is 5.38 Å². The third-order valence-corrected chi connectivity index (χ3v) is 3.79. The van der Waals surface area contributed by atoms with Crippen LogP contribution in [0.25, 0.3) is 0 Å². The lowest BCUT2D eigenvalue weighted by molar-refractivity contribution is 0.474. The van der Waals surface area contributed by atoms with Gasteiger partial charge in [0.15, 0.2) is 0 Å². The van der Waals surface area contributed by atoms with E-state index in [0.29, 0.717) is 11.7 Å². The van der Waals surface area contributed by atoms with E-state index in [1.807, 2.05) is 30.3 Å². The standard InChI is InChI=1S/C16H17ClO/c1-12(11-13-7-9-15(18)10-8-13)16(17)14-5-3-2-4-6-14/h2-10,12,16,18H,11H2,1H3. The van der Waals surface area contributed by atoms with Crippen LogP contribution < -0.4 is 0 Å². The van der Waals surface area contributed by atoms with Gasteiger partial charge in [-0.1, -0.05) is 49.4 Å². The molecule has 0 aromatic heterocycles. The van der Waals surface area contributed by atoms with Crippen LogP contribution in [0.4, 0.5) is 0 Å². The molecule has 0 saturated carbocycles. The Bertz CT molecular complexity index is 478. The highest BCUT2D eigenvalue weighted by molar-refractivity contribution is 6.21. The Labute approximate surface area is 113 Å². The Morgan fingerprint density at radius 3 is 2.22 bits per heavy atom. The molecule has 0 bridgehead atoms. The van der Waals surface area contributed by atoms with Crippen LogP contribution in [0.3, 0.4) is 0 Å². The van der Waals surface area contributed by atoms with Crippen molar-refractivity contribution in [1.29, 1.82) is 0 Å². The molecule has 2 unspecified atom stereocenters. The molecular weight excluding hydrogens is 244 g/mol. The van der Waals surface area contributed by atoms with Crippen LogP contribution in [-0.2, 0) is 6.42 Å². The summed E-state index contributed by atoms with van der Waals surface area (Å²) in [6.07, 6.45) is 0.906. The van der Waals surface area contributed by atoms with Gasteiger partial charge in [0.25, 0.3) is 0 Å². The third-order valence-electron chi connectivity index (χ3n) is 3.11. The van der Waals surface area contributed by atoms with Crippen LogP contribution in [0.1, 0.15) is 23.4 Å². The summed E-state index contributed by atoms with van der Waals surface area (Å²) >= 11 is 6.49. The lowest BCUT2D eigenvalue weighted by atomic mass is 9.94. The average molecular weight is 261 g/mol. The summed E-state index contributed by atoms with van der Waals surface area (Å²) in [4.78, 5) is 0. The van der Waals surface area contributed by atoms with Gasteiger partial charge in [-0.15, -0.1) is 11.6 Å². The summed E-state index contributed by atoms with van der Waals surface area (Å²) in [6, 6.07) is 17.5. The molecule has 94 valence electrons. The maximum absolute atomic E-state index is 9.25. The molecule has 2 atom stereocenters. The van der Waals surface area contributed by atoms with E-state index < -0.39 is 0 Å². The van der Waals surface area contributed by atoms with Gasteiger partial charge in [0.1, 0.15) is 5.75 Å². The number of halogens is 1. The molecule has 2 heteroatoms. The lowest BCUT2D eigenvalue weighted by Crippen LogP contribution is -2.07. The van der Waals surface area contributed by atoms with E-state index >= 15 is 0 Å². The highest BCUT2D eigenvalue weighted by atomic mass is 35.5. The molecular formula is C16H17ClO. The van der Waals surface area contributed by atoms with E-state index in [2.05, 4.69) is 19.1 Å². The van der Waals surface area contributed by atoms with Crippen molar-refractivity contribution in [1.82, 2.24) is 0 Å². The zero-order valence-corrected chi connectivity index (χ0v) is 11.1. The van der Waals surface area contributed by atoms with Crippen LogP contribution >= 0.6 is 11.6 Å². The largest absolute Gasteiger partial charge is 0.508 e. The van der Waals surface area contributed by atoms with E-state index in [1.54, 1.807) is 12.1 Å². The normalized spacial score (nSPS) is 14.1. The van der Waals surface area contributed by atoms with Gasteiger partial charge in [-0.2, -0.15) is 0 Å². The first-order valence-electron chi connectivity index (χ1n) is 6.14. The second-order valence-corrected chi connectivity index (χ2v) is 5.13. The molecule has 0 heterocycles. The maximum atomic E-state index is 9.25. The molecule has 2 aromatic carbocycles. The van der Waals surface area contributed by atoms with E-state index in [0.717, 1.165) is 12.0 Å². The minimum Gasteiger partial charge on any atom is -0.508 e. The van der Waals surface area contributed by atoms with Crippen LogP contribution in [0, 0.1) is 5.92 Å². The molecule has 0 radical (unpaired) electrons. The Morgan fingerprint density at radius 1 is 1.00 bits per heavy atom. The number of aromatic hydroxyl groups is 1. The number of benzene rings is 2. The lowest BCUT2D eigenvalue weighted by Gasteiger charge is -2.18. The molecule has 0 spiro atoms. The molecule has 2 aromatic rings. The van der Waals surface area contributed by atoms with Gasteiger partial charge in [-0.25, -0.2) is 0 Å². The van der Waals surface area contributed by atoms with Gasteiger partial charge in [0.2, 0.25) is 0 Å². The number of rotatable bonds is 4. The number of hydrogen-bond donors (Lipinski definition) is 1. The Kier molecular flexibility index (Phi) is 4.27. The Morgan fingerprint density at radius 2 is 1.61 bits per heavy atom. The molecule has 1 nitrogen and oxygen atoms in total. The zero-order valence-electron chi connectivity index (χ0n) is 10.4. The van der Waals surface area contributed by atoms with Crippen LogP contribution in [0.5, 0.6) is 5.75 Å². The maximum Gasteiger partial charge on any atom is 0.115 e. The summed E-state index contributed by atoms with van der Waals surface area (Å²) in [5.41, 5.74) is 2.35. The Hall–Kier alpha value is -1.47. The fourth-order valence-electron chi connectivity index (χ4n) is 2.07. The van der Waals surface area contributed by atoms with Gasteiger partial charge in [-0.05, 0) is 35.6 Å². The Balaban J connectivity index is 2.03. The highest BCUT2D eigenvalue weighted by Gasteiger charge is 2.16. The summed E-state index contributed by atoms with van der Waals surface area (Å²) in [6.45, 7) is 2.15. The van der Waals surface area contributed by atoms with Gasteiger partial charge >= 0.3 is 0 Å². The predicted molar refractivity (Wildman–Crippen MR) is 76.0 cm³/mol. The molecule has 1 N–H and O–H groups in total. The fraction of sp³-hybridized carbons (Fsp3) is 0.250. The monoisotopic (exact) mass is 260 g/mol. The molecule has 0 saturated heterocycles. The van der Waals surface area contributed by atoms with Gasteiger partial charge in [0.05, 0.1) is 5.38 Å². The second-order valence-electron chi connectivity index (χ2n) is 4.66. The van der Waals surface area contributed by atoms with E-state index in [1.165, 1.54) is 5.56 Å². The molecule has 18 heavy (non-hydrogen) atoms. The smallest absolute Gasteiger partial charge is 0.115 e. The summed E-state index contributed by atoms with van der Waals surface area (Å²) in [5.74, 6) is 0.649. The van der Waals surface area contributed by atoms with E-state index in [9.17, 15) is 5.11 Å². The number of hydrogen-bond acceptors (Lipinski definition) is 1. The fourth-order valence-corrected chi connectivity index (χ4v) is 2.31. The van der Waals surface area contributed by atoms with Gasteiger partial charge in [0, 0.05) is 0 Å². The predicted octanol–water partition coefficient (Wildman–Crippen LogP) is 4.55. The van der Waals surface area contributed by atoms with Gasteiger partial charge in [-0.3, -0.25) is 0 Å². The van der Waals surface area contributed by atoms with Crippen molar-refractivity contribution >= 4 is 11.6 Å². The van der Waals surface area contributed by atoms with E-state index in [4.69, 9.17) is 11.6 Å². The summed E-state index contributed by atoms with van der Waals surface area (Å²) < 4.78 is 0. The number of phenols is 1. The van der Waals surface area contributed by atoms with Crippen molar-refractivity contribution in [2.24, 2.45) is 5.92 Å². The summed E-state index contributed by atoms with van der Waals surface area (Å²) in [5, 5.41) is 9.27. The SMILES string of the molecule is CC(Cc1ccc(O)cc1)C(Cl)c1ccccc1. The van der Waals surface area contributed by atoms with Crippen molar-refractivity contribution in [3.05, 3.63) is 65.7 Å². The minimum absolute atomic E-state index is 0.0139. The third kappa shape index (κ3) is 3.27. The van der Waals surface area contributed by atoms with Crippen molar-refractivity contribution in [3.8, 4) is 5.75 Å². The molecule has 0 aliphatic carbocycles. The number of alkyl halides is 1. The van der Waals surface area contributed by atoms with Gasteiger partial charge < -0.3 is 5.11 Å². The van der Waals surface area contributed by atoms with Crippen molar-refractivity contribution in [3.63, 3.8) is 0 Å². The molecule has 0 fully saturated rings. The van der Waals surface area contributed by atoms with Crippen molar-refractivity contribution < 1.29 is 5.11 Å².